The van der Waals surface area contributed by atoms with Crippen molar-refractivity contribution in [2.24, 2.45) is 5.92 Å². The summed E-state index contributed by atoms with van der Waals surface area (Å²) in [4.78, 5) is 21.9. The van der Waals surface area contributed by atoms with Gasteiger partial charge in [0, 0.05) is 6.07 Å². The molecule has 1 aliphatic heterocycles. The number of non-ortho nitro benzene ring substituents is 1. The average molecular weight is 281 g/mol. The SMILES string of the molecule is CC1CCCNC1C(=O)Nc1ccc([N+](=O)[O-])cc1F. The van der Waals surface area contributed by atoms with Gasteiger partial charge in [0.05, 0.1) is 22.7 Å². The summed E-state index contributed by atoms with van der Waals surface area (Å²) in [7, 11) is 0. The van der Waals surface area contributed by atoms with Crippen LogP contribution >= 0.6 is 0 Å². The third-order valence-corrected chi connectivity index (χ3v) is 3.47. The topological polar surface area (TPSA) is 84.3 Å². The van der Waals surface area contributed by atoms with Gasteiger partial charge in [-0.25, -0.2) is 4.39 Å². The van der Waals surface area contributed by atoms with Gasteiger partial charge in [0.1, 0.15) is 0 Å². The summed E-state index contributed by atoms with van der Waals surface area (Å²) in [6, 6.07) is 2.81. The molecule has 1 saturated heterocycles. The Kier molecular flexibility index (Phi) is 4.29. The lowest BCUT2D eigenvalue weighted by atomic mass is 9.92. The number of nitrogens with one attached hydrogen (secondary N) is 2. The van der Waals surface area contributed by atoms with Crippen molar-refractivity contribution >= 4 is 17.3 Å². The number of halogens is 1. The Balaban J connectivity index is 2.09. The molecular formula is C13H16FN3O3. The fourth-order valence-corrected chi connectivity index (χ4v) is 2.33. The summed E-state index contributed by atoms with van der Waals surface area (Å²) in [6.07, 6.45) is 1.95. The van der Waals surface area contributed by atoms with E-state index in [4.69, 9.17) is 0 Å². The number of nitrogens with zero attached hydrogens (tertiary/aromatic N) is 1. The molecule has 0 bridgehead atoms. The zero-order chi connectivity index (χ0) is 14.7. The zero-order valence-corrected chi connectivity index (χ0v) is 11.1. The zero-order valence-electron chi connectivity index (χ0n) is 11.1. The number of carbonyl (C=O) groups excluding carboxylic acids is 1. The molecule has 1 heterocycles. The normalized spacial score (nSPS) is 22.3. The van der Waals surface area contributed by atoms with E-state index in [9.17, 15) is 19.3 Å². The molecule has 1 aliphatic rings. The lowest BCUT2D eigenvalue weighted by Gasteiger charge is -2.28. The van der Waals surface area contributed by atoms with Crippen LogP contribution in [0.3, 0.4) is 0 Å². The Morgan fingerprint density at radius 2 is 2.30 bits per heavy atom. The number of rotatable bonds is 3. The number of nitro groups is 1. The second-order valence-electron chi connectivity index (χ2n) is 4.96. The van der Waals surface area contributed by atoms with E-state index in [0.29, 0.717) is 0 Å². The van der Waals surface area contributed by atoms with Crippen LogP contribution in [0.5, 0.6) is 0 Å². The first-order valence-electron chi connectivity index (χ1n) is 6.47. The van der Waals surface area contributed by atoms with Crippen LogP contribution in [0.15, 0.2) is 18.2 Å². The molecule has 6 nitrogen and oxygen atoms in total. The second kappa shape index (κ2) is 5.96. The third-order valence-electron chi connectivity index (χ3n) is 3.47. The van der Waals surface area contributed by atoms with Crippen molar-refractivity contribution in [1.29, 1.82) is 0 Å². The fourth-order valence-electron chi connectivity index (χ4n) is 2.33. The van der Waals surface area contributed by atoms with Crippen LogP contribution in [0.2, 0.25) is 0 Å². The van der Waals surface area contributed by atoms with Crippen molar-refractivity contribution in [3.8, 4) is 0 Å². The summed E-state index contributed by atoms with van der Waals surface area (Å²) in [6.45, 7) is 2.72. The predicted octanol–water partition coefficient (Wildman–Crippen LogP) is 2.06. The van der Waals surface area contributed by atoms with Crippen molar-refractivity contribution in [3.05, 3.63) is 34.1 Å². The lowest BCUT2D eigenvalue weighted by Crippen LogP contribution is -2.48. The summed E-state index contributed by atoms with van der Waals surface area (Å²) in [5, 5.41) is 16.1. The first kappa shape index (κ1) is 14.4. The molecule has 20 heavy (non-hydrogen) atoms. The van der Waals surface area contributed by atoms with E-state index >= 15 is 0 Å². The Labute approximate surface area is 115 Å². The highest BCUT2D eigenvalue weighted by Gasteiger charge is 2.28. The molecule has 0 radical (unpaired) electrons. The van der Waals surface area contributed by atoms with E-state index in [1.165, 1.54) is 6.07 Å². The average Bonchev–Trinajstić information content (AvgIpc) is 2.41. The molecule has 1 aromatic rings. The first-order valence-corrected chi connectivity index (χ1v) is 6.47. The number of hydrogen-bond donors (Lipinski definition) is 2. The largest absolute Gasteiger partial charge is 0.322 e. The molecule has 1 fully saturated rings. The highest BCUT2D eigenvalue weighted by atomic mass is 19.1. The maximum Gasteiger partial charge on any atom is 0.272 e. The van der Waals surface area contributed by atoms with Gasteiger partial charge in [-0.2, -0.15) is 0 Å². The number of anilines is 1. The Bertz CT molecular complexity index is 536. The van der Waals surface area contributed by atoms with Crippen molar-refractivity contribution in [3.63, 3.8) is 0 Å². The number of benzene rings is 1. The minimum atomic E-state index is -0.809. The molecular weight excluding hydrogens is 265 g/mol. The second-order valence-corrected chi connectivity index (χ2v) is 4.96. The van der Waals surface area contributed by atoms with Crippen LogP contribution in [0.25, 0.3) is 0 Å². The molecule has 0 saturated carbocycles. The van der Waals surface area contributed by atoms with E-state index in [2.05, 4.69) is 10.6 Å². The maximum atomic E-state index is 13.7. The number of amides is 1. The quantitative estimate of drug-likeness (QED) is 0.656. The summed E-state index contributed by atoms with van der Waals surface area (Å²) >= 11 is 0. The van der Waals surface area contributed by atoms with Crippen LogP contribution < -0.4 is 10.6 Å². The van der Waals surface area contributed by atoms with Crippen LogP contribution in [-0.4, -0.2) is 23.4 Å². The molecule has 7 heteroatoms. The van der Waals surface area contributed by atoms with E-state index < -0.39 is 10.7 Å². The molecule has 1 aromatic carbocycles. The van der Waals surface area contributed by atoms with Crippen molar-refractivity contribution in [2.45, 2.75) is 25.8 Å². The molecule has 2 atom stereocenters. The van der Waals surface area contributed by atoms with Gasteiger partial charge in [-0.05, 0) is 31.4 Å². The van der Waals surface area contributed by atoms with Gasteiger partial charge in [0.2, 0.25) is 5.91 Å². The number of hydrogen-bond acceptors (Lipinski definition) is 4. The standard InChI is InChI=1S/C13H16FN3O3/c1-8-3-2-6-15-12(8)13(18)16-11-5-4-9(17(19)20)7-10(11)14/h4-5,7-8,12,15H,2-3,6H2,1H3,(H,16,18). The highest BCUT2D eigenvalue weighted by Crippen LogP contribution is 2.22. The number of nitro benzene ring substituents is 1. The fraction of sp³-hybridized carbons (Fsp3) is 0.462. The molecule has 0 aromatic heterocycles. The molecule has 0 aliphatic carbocycles. The van der Waals surface area contributed by atoms with E-state index in [1.807, 2.05) is 6.92 Å². The van der Waals surface area contributed by atoms with Gasteiger partial charge in [-0.1, -0.05) is 6.92 Å². The third kappa shape index (κ3) is 3.11. The first-order chi connectivity index (χ1) is 9.49. The number of piperidine rings is 1. The van der Waals surface area contributed by atoms with Gasteiger partial charge in [-0.15, -0.1) is 0 Å². The molecule has 108 valence electrons. The monoisotopic (exact) mass is 281 g/mol. The van der Waals surface area contributed by atoms with Gasteiger partial charge >= 0.3 is 0 Å². The number of carbonyl (C=O) groups is 1. The highest BCUT2D eigenvalue weighted by molar-refractivity contribution is 5.95. The summed E-state index contributed by atoms with van der Waals surface area (Å²) in [5.41, 5.74) is -0.384. The van der Waals surface area contributed by atoms with Crippen LogP contribution in [0, 0.1) is 21.8 Å². The van der Waals surface area contributed by atoms with Crippen molar-refractivity contribution < 1.29 is 14.1 Å². The van der Waals surface area contributed by atoms with Crippen LogP contribution in [0.4, 0.5) is 15.8 Å². The minimum Gasteiger partial charge on any atom is -0.322 e. The van der Waals surface area contributed by atoms with Crippen LogP contribution in [0.1, 0.15) is 19.8 Å². The smallest absolute Gasteiger partial charge is 0.272 e. The van der Waals surface area contributed by atoms with E-state index in [1.54, 1.807) is 0 Å². The van der Waals surface area contributed by atoms with Gasteiger partial charge in [0.15, 0.2) is 5.82 Å². The van der Waals surface area contributed by atoms with Gasteiger partial charge < -0.3 is 10.6 Å². The maximum absolute atomic E-state index is 13.7. The Hall–Kier alpha value is -2.02. The van der Waals surface area contributed by atoms with Crippen molar-refractivity contribution in [2.75, 3.05) is 11.9 Å². The Morgan fingerprint density at radius 1 is 1.55 bits per heavy atom. The molecule has 1 amide bonds. The van der Waals surface area contributed by atoms with Crippen molar-refractivity contribution in [1.82, 2.24) is 5.32 Å². The molecule has 2 N–H and O–H groups in total. The predicted molar refractivity (Wildman–Crippen MR) is 71.9 cm³/mol. The van der Waals surface area contributed by atoms with Crippen LogP contribution in [-0.2, 0) is 4.79 Å². The summed E-state index contributed by atoms with van der Waals surface area (Å²) < 4.78 is 13.7. The molecule has 0 spiro atoms. The van der Waals surface area contributed by atoms with E-state index in [0.717, 1.165) is 31.5 Å². The minimum absolute atomic E-state index is 0.0415. The Morgan fingerprint density at radius 3 is 2.90 bits per heavy atom. The van der Waals surface area contributed by atoms with Gasteiger partial charge in [0.25, 0.3) is 5.69 Å². The summed E-state index contributed by atoms with van der Waals surface area (Å²) in [5.74, 6) is -0.953. The van der Waals surface area contributed by atoms with Gasteiger partial charge in [-0.3, -0.25) is 14.9 Å². The van der Waals surface area contributed by atoms with E-state index in [-0.39, 0.29) is 29.2 Å². The molecule has 2 unspecified atom stereocenters. The lowest BCUT2D eigenvalue weighted by molar-refractivity contribution is -0.385. The molecule has 2 rings (SSSR count).